The van der Waals surface area contributed by atoms with Crippen LogP contribution in [0, 0.1) is 12.8 Å². The van der Waals surface area contributed by atoms with E-state index in [2.05, 4.69) is 34.6 Å². The molecule has 4 atom stereocenters. The first kappa shape index (κ1) is 28.9. The Morgan fingerprint density at radius 1 is 1.05 bits per heavy atom. The van der Waals surface area contributed by atoms with E-state index < -0.39 is 35.9 Å². The maximum absolute atomic E-state index is 13.3. The number of ether oxygens (including phenoxy) is 4. The summed E-state index contributed by atoms with van der Waals surface area (Å²) in [6, 6.07) is 22.4. The molecular weight excluding hydrogens is 536 g/mol. The van der Waals surface area contributed by atoms with Crippen molar-refractivity contribution in [2.75, 3.05) is 20.3 Å². The number of hydrogen-bond donors (Lipinski definition) is 2. The maximum atomic E-state index is 13.3. The molecule has 1 aliphatic heterocycles. The molecule has 9 nitrogen and oxygen atoms in total. The molecule has 0 saturated carbocycles. The molecule has 0 spiro atoms. The second-order valence-corrected chi connectivity index (χ2v) is 10.4. The highest BCUT2D eigenvalue weighted by Crippen LogP contribution is 2.29. The molecule has 4 aromatic rings. The van der Waals surface area contributed by atoms with Crippen LogP contribution in [0.4, 0.5) is 0 Å². The van der Waals surface area contributed by atoms with Crippen LogP contribution < -0.4 is 14.8 Å². The van der Waals surface area contributed by atoms with Crippen LogP contribution in [0.1, 0.15) is 28.5 Å². The van der Waals surface area contributed by atoms with Crippen molar-refractivity contribution in [2.24, 2.45) is 5.92 Å². The number of rotatable bonds is 7. The zero-order valence-corrected chi connectivity index (χ0v) is 23.8. The molecule has 1 fully saturated rings. The lowest BCUT2D eigenvalue weighted by molar-refractivity contribution is -0.155. The quantitative estimate of drug-likeness (QED) is 0.309. The molecule has 9 heteroatoms. The zero-order chi connectivity index (χ0) is 29.6. The van der Waals surface area contributed by atoms with Crippen LogP contribution in [0.2, 0.25) is 0 Å². The molecule has 4 unspecified atom stereocenters. The second kappa shape index (κ2) is 12.9. The number of hydrogen-bond acceptors (Lipinski definition) is 8. The highest BCUT2D eigenvalue weighted by Gasteiger charge is 2.37. The minimum Gasteiger partial charge on any atom is -0.503 e. The van der Waals surface area contributed by atoms with E-state index in [1.807, 2.05) is 49.4 Å². The van der Waals surface area contributed by atoms with E-state index in [1.54, 1.807) is 6.92 Å². The van der Waals surface area contributed by atoms with Crippen molar-refractivity contribution in [3.63, 3.8) is 0 Å². The van der Waals surface area contributed by atoms with Gasteiger partial charge in [0.25, 0.3) is 5.91 Å². The van der Waals surface area contributed by atoms with Crippen molar-refractivity contribution in [1.82, 2.24) is 10.3 Å². The first-order valence-corrected chi connectivity index (χ1v) is 13.8. The van der Waals surface area contributed by atoms with Gasteiger partial charge in [-0.05, 0) is 48.7 Å². The summed E-state index contributed by atoms with van der Waals surface area (Å²) in [5.74, 6) is -1.32. The Balaban J connectivity index is 1.41. The molecule has 2 N–H and O–H groups in total. The van der Waals surface area contributed by atoms with Gasteiger partial charge in [0.15, 0.2) is 23.2 Å². The van der Waals surface area contributed by atoms with E-state index in [0.29, 0.717) is 12.2 Å². The number of methoxy groups -OCH3 is 1. The van der Waals surface area contributed by atoms with Crippen molar-refractivity contribution >= 4 is 22.6 Å². The molecule has 0 aliphatic carbocycles. The number of fused-ring (bicyclic) bond motifs is 1. The molecule has 0 radical (unpaired) electrons. The summed E-state index contributed by atoms with van der Waals surface area (Å²) in [6.07, 6.45) is 0.717. The van der Waals surface area contributed by atoms with Crippen molar-refractivity contribution < 1.29 is 33.6 Å². The normalized spacial score (nSPS) is 21.0. The summed E-state index contributed by atoms with van der Waals surface area (Å²) >= 11 is 0. The van der Waals surface area contributed by atoms with E-state index in [4.69, 9.17) is 18.9 Å². The number of pyridine rings is 1. The van der Waals surface area contributed by atoms with E-state index in [0.717, 1.165) is 21.9 Å². The van der Waals surface area contributed by atoms with Gasteiger partial charge in [0, 0.05) is 18.2 Å². The van der Waals surface area contributed by atoms with E-state index in [-0.39, 0.29) is 30.6 Å². The fraction of sp³-hybridized carbons (Fsp3) is 0.303. The van der Waals surface area contributed by atoms with Gasteiger partial charge in [0.05, 0.1) is 20.3 Å². The van der Waals surface area contributed by atoms with Gasteiger partial charge in [-0.1, -0.05) is 60.2 Å². The number of aryl methyl sites for hydroxylation is 1. The lowest BCUT2D eigenvalue weighted by atomic mass is 9.89. The summed E-state index contributed by atoms with van der Waals surface area (Å²) in [6.45, 7) is 3.90. The third-order valence-electron chi connectivity index (χ3n) is 7.41. The Morgan fingerprint density at radius 2 is 1.81 bits per heavy atom. The Kier molecular flexibility index (Phi) is 8.88. The molecular formula is C33H34N2O7. The van der Waals surface area contributed by atoms with Gasteiger partial charge in [-0.15, -0.1) is 0 Å². The number of cyclic esters (lactones) is 1. The Hall–Kier alpha value is -4.63. The van der Waals surface area contributed by atoms with Gasteiger partial charge >= 0.3 is 5.97 Å². The number of nitrogens with zero attached hydrogens (tertiary/aromatic N) is 1. The van der Waals surface area contributed by atoms with Gasteiger partial charge in [-0.25, -0.2) is 9.78 Å². The monoisotopic (exact) mass is 570 g/mol. The molecule has 218 valence electrons. The largest absolute Gasteiger partial charge is 0.503 e. The van der Waals surface area contributed by atoms with Gasteiger partial charge in [0.2, 0.25) is 0 Å². The van der Waals surface area contributed by atoms with Crippen molar-refractivity contribution in [3.05, 3.63) is 95.8 Å². The van der Waals surface area contributed by atoms with Crippen molar-refractivity contribution in [3.8, 4) is 17.2 Å². The number of carbonyl (C=O) groups excluding carboxylic acids is 2. The number of aromatic nitrogens is 1. The zero-order valence-electron chi connectivity index (χ0n) is 23.8. The van der Waals surface area contributed by atoms with Crippen LogP contribution in [0.5, 0.6) is 17.2 Å². The second-order valence-electron chi connectivity index (χ2n) is 10.4. The number of nitrogens with one attached hydrogen (secondary N) is 1. The van der Waals surface area contributed by atoms with Crippen LogP contribution >= 0.6 is 0 Å². The van der Waals surface area contributed by atoms with Crippen LogP contribution in [-0.4, -0.2) is 60.5 Å². The smallest absolute Gasteiger partial charge is 0.331 e. The van der Waals surface area contributed by atoms with E-state index >= 15 is 0 Å². The third-order valence-corrected chi connectivity index (χ3v) is 7.41. The number of amides is 1. The summed E-state index contributed by atoms with van der Waals surface area (Å²) in [7, 11) is 1.37. The van der Waals surface area contributed by atoms with E-state index in [1.165, 1.54) is 19.4 Å². The van der Waals surface area contributed by atoms with Crippen molar-refractivity contribution in [1.29, 1.82) is 0 Å². The fourth-order valence-electron chi connectivity index (χ4n) is 5.20. The molecule has 1 saturated heterocycles. The average molecular weight is 571 g/mol. The highest BCUT2D eigenvalue weighted by molar-refractivity contribution is 5.98. The molecule has 1 aliphatic rings. The minimum atomic E-state index is -1.14. The summed E-state index contributed by atoms with van der Waals surface area (Å²) in [5.41, 5.74) is 1.95. The lowest BCUT2D eigenvalue weighted by Crippen LogP contribution is -2.47. The molecule has 42 heavy (non-hydrogen) atoms. The number of esters is 1. The molecule has 1 aromatic heterocycles. The van der Waals surface area contributed by atoms with Crippen molar-refractivity contribution in [2.45, 2.75) is 38.5 Å². The first-order chi connectivity index (χ1) is 20.3. The van der Waals surface area contributed by atoms with Gasteiger partial charge < -0.3 is 29.4 Å². The molecule has 2 heterocycles. The summed E-state index contributed by atoms with van der Waals surface area (Å²) in [5, 5.41) is 15.2. The molecule has 0 bridgehead atoms. The van der Waals surface area contributed by atoms with Crippen LogP contribution in [0.15, 0.2) is 79.0 Å². The number of carbonyl (C=O) groups is 2. The number of benzene rings is 3. The molecule has 5 rings (SSSR count). The SMILES string of the molecule is COc1ccnc(C(=O)NC2COCC(Cc3cccc4ccccc34)C(Oc3ccc(C)cc3)C(C)OC2=O)c1O. The highest BCUT2D eigenvalue weighted by atomic mass is 16.6. The van der Waals surface area contributed by atoms with Crippen LogP contribution in [-0.2, 0) is 20.7 Å². The molecule has 1 amide bonds. The first-order valence-electron chi connectivity index (χ1n) is 13.8. The Labute approximate surface area is 244 Å². The predicted octanol–water partition coefficient (Wildman–Crippen LogP) is 4.62. The van der Waals surface area contributed by atoms with Gasteiger partial charge in [-0.2, -0.15) is 0 Å². The Morgan fingerprint density at radius 3 is 2.60 bits per heavy atom. The van der Waals surface area contributed by atoms with Gasteiger partial charge in [0.1, 0.15) is 18.0 Å². The Bertz CT molecular complexity index is 1550. The number of aromatic hydroxyl groups is 1. The maximum Gasteiger partial charge on any atom is 0.331 e. The predicted molar refractivity (Wildman–Crippen MR) is 157 cm³/mol. The average Bonchev–Trinajstić information content (AvgIpc) is 3.04. The third kappa shape index (κ3) is 6.47. The van der Waals surface area contributed by atoms with Gasteiger partial charge in [-0.3, -0.25) is 4.79 Å². The standard InChI is InChI=1S/C33H34N2O7/c1-20-11-13-25(14-12-20)42-31-21(2)41-33(38)27(35-32(37)29-30(36)28(39-3)15-16-34-29)19-40-18-24(31)17-23-9-6-8-22-7-4-5-10-26(22)23/h4-16,21,24,27,31,36H,17-19H2,1-3H3,(H,35,37). The minimum absolute atomic E-state index is 0.0874. The van der Waals surface area contributed by atoms with E-state index in [9.17, 15) is 14.7 Å². The van der Waals surface area contributed by atoms with Crippen LogP contribution in [0.25, 0.3) is 10.8 Å². The summed E-state index contributed by atoms with van der Waals surface area (Å²) < 4.78 is 23.5. The lowest BCUT2D eigenvalue weighted by Gasteiger charge is -2.31. The van der Waals surface area contributed by atoms with Crippen LogP contribution in [0.3, 0.4) is 0 Å². The molecule has 3 aromatic carbocycles. The fourth-order valence-corrected chi connectivity index (χ4v) is 5.20. The topological polar surface area (TPSA) is 116 Å². The summed E-state index contributed by atoms with van der Waals surface area (Å²) in [4.78, 5) is 30.3.